The predicted molar refractivity (Wildman–Crippen MR) is 93.8 cm³/mol. The van der Waals surface area contributed by atoms with E-state index in [2.05, 4.69) is 9.71 Å². The molecule has 0 saturated carbocycles. The van der Waals surface area contributed by atoms with E-state index >= 15 is 0 Å². The Morgan fingerprint density at radius 1 is 1.00 bits per heavy atom. The number of aryl methyl sites for hydroxylation is 1. The zero-order valence-corrected chi connectivity index (χ0v) is 14.4. The molecule has 0 bridgehead atoms. The lowest BCUT2D eigenvalue weighted by molar-refractivity contribution is 0.601. The van der Waals surface area contributed by atoms with Crippen molar-refractivity contribution in [2.45, 2.75) is 11.8 Å². The predicted octanol–water partition coefficient (Wildman–Crippen LogP) is 4.65. The molecular formula is C16H12Cl2N2O2S. The maximum absolute atomic E-state index is 12.6. The van der Waals surface area contributed by atoms with Crippen LogP contribution in [-0.2, 0) is 10.0 Å². The lowest BCUT2D eigenvalue weighted by Gasteiger charge is -2.12. The van der Waals surface area contributed by atoms with Crippen molar-refractivity contribution < 1.29 is 8.42 Å². The number of pyridine rings is 1. The lowest BCUT2D eigenvalue weighted by atomic mass is 10.2. The lowest BCUT2D eigenvalue weighted by Crippen LogP contribution is -2.13. The van der Waals surface area contributed by atoms with Gasteiger partial charge in [-0.15, -0.1) is 0 Å². The second-order valence-electron chi connectivity index (χ2n) is 5.01. The number of hydrogen-bond donors (Lipinski definition) is 1. The number of rotatable bonds is 3. The van der Waals surface area contributed by atoms with E-state index in [1.165, 1.54) is 18.2 Å². The van der Waals surface area contributed by atoms with Crippen molar-refractivity contribution in [3.05, 3.63) is 64.3 Å². The molecule has 118 valence electrons. The summed E-state index contributed by atoms with van der Waals surface area (Å²) in [6.07, 6.45) is 0. The van der Waals surface area contributed by atoms with Crippen molar-refractivity contribution >= 4 is 49.8 Å². The smallest absolute Gasteiger partial charge is 0.261 e. The minimum atomic E-state index is -3.78. The molecule has 3 rings (SSSR count). The highest BCUT2D eigenvalue weighted by Gasteiger charge is 2.17. The van der Waals surface area contributed by atoms with Crippen LogP contribution >= 0.6 is 23.2 Å². The number of benzene rings is 2. The van der Waals surface area contributed by atoms with Gasteiger partial charge < -0.3 is 0 Å². The Balaban J connectivity index is 2.09. The summed E-state index contributed by atoms with van der Waals surface area (Å²) >= 11 is 11.7. The van der Waals surface area contributed by atoms with Crippen LogP contribution in [0.25, 0.3) is 10.9 Å². The van der Waals surface area contributed by atoms with Crippen LogP contribution in [0.4, 0.5) is 5.69 Å². The molecule has 0 aliphatic heterocycles. The molecule has 0 spiro atoms. The molecule has 0 radical (unpaired) electrons. The average molecular weight is 367 g/mol. The van der Waals surface area contributed by atoms with Crippen molar-refractivity contribution in [1.82, 2.24) is 4.98 Å². The molecule has 7 heteroatoms. The quantitative estimate of drug-likeness (QED) is 0.733. The van der Waals surface area contributed by atoms with Gasteiger partial charge in [-0.25, -0.2) is 8.42 Å². The maximum Gasteiger partial charge on any atom is 0.261 e. The van der Waals surface area contributed by atoms with Crippen molar-refractivity contribution in [1.29, 1.82) is 0 Å². The molecule has 4 nitrogen and oxygen atoms in total. The highest BCUT2D eigenvalue weighted by molar-refractivity contribution is 7.92. The highest BCUT2D eigenvalue weighted by atomic mass is 35.5. The summed E-state index contributed by atoms with van der Waals surface area (Å²) in [6.45, 7) is 1.81. The van der Waals surface area contributed by atoms with Gasteiger partial charge in [-0.05, 0) is 37.3 Å². The second kappa shape index (κ2) is 6.00. The first-order valence-electron chi connectivity index (χ1n) is 6.71. The molecule has 1 aromatic heterocycles. The van der Waals surface area contributed by atoms with Gasteiger partial charge >= 0.3 is 0 Å². The van der Waals surface area contributed by atoms with Crippen LogP contribution in [0.5, 0.6) is 0 Å². The molecule has 0 amide bonds. The fourth-order valence-corrected chi connectivity index (χ4v) is 3.70. The van der Waals surface area contributed by atoms with Gasteiger partial charge in [-0.1, -0.05) is 41.4 Å². The average Bonchev–Trinajstić information content (AvgIpc) is 2.49. The third-order valence-electron chi connectivity index (χ3n) is 3.29. The molecule has 1 N–H and O–H groups in total. The molecular weight excluding hydrogens is 355 g/mol. The third kappa shape index (κ3) is 3.27. The minimum Gasteiger partial charge on any atom is -0.279 e. The van der Waals surface area contributed by atoms with E-state index in [0.717, 1.165) is 16.6 Å². The van der Waals surface area contributed by atoms with E-state index in [-0.39, 0.29) is 9.92 Å². The van der Waals surface area contributed by atoms with Crippen LogP contribution in [0, 0.1) is 6.92 Å². The molecule has 0 fully saturated rings. The fourth-order valence-electron chi connectivity index (χ4n) is 2.24. The first kappa shape index (κ1) is 16.1. The van der Waals surface area contributed by atoms with Crippen molar-refractivity contribution in [2.24, 2.45) is 0 Å². The van der Waals surface area contributed by atoms with Gasteiger partial charge in [0.2, 0.25) is 0 Å². The normalized spacial score (nSPS) is 11.6. The summed E-state index contributed by atoms with van der Waals surface area (Å²) in [6, 6.07) is 13.2. The van der Waals surface area contributed by atoms with E-state index in [0.29, 0.717) is 10.7 Å². The molecule has 3 aromatic rings. The van der Waals surface area contributed by atoms with Crippen molar-refractivity contribution in [3.8, 4) is 0 Å². The van der Waals surface area contributed by atoms with Crippen LogP contribution < -0.4 is 4.72 Å². The number of nitrogens with zero attached hydrogens (tertiary/aromatic N) is 1. The molecule has 0 saturated heterocycles. The summed E-state index contributed by atoms with van der Waals surface area (Å²) in [7, 11) is -3.78. The van der Waals surface area contributed by atoms with Gasteiger partial charge in [0.1, 0.15) is 0 Å². The molecule has 23 heavy (non-hydrogen) atoms. The summed E-state index contributed by atoms with van der Waals surface area (Å²) in [5.41, 5.74) is 1.91. The number of aromatic nitrogens is 1. The van der Waals surface area contributed by atoms with E-state index < -0.39 is 10.0 Å². The van der Waals surface area contributed by atoms with Gasteiger partial charge in [0.15, 0.2) is 0 Å². The topological polar surface area (TPSA) is 59.1 Å². The van der Waals surface area contributed by atoms with Gasteiger partial charge in [0.25, 0.3) is 10.0 Å². The van der Waals surface area contributed by atoms with Gasteiger partial charge in [0, 0.05) is 11.1 Å². The van der Waals surface area contributed by atoms with Crippen molar-refractivity contribution in [2.75, 3.05) is 4.72 Å². The maximum atomic E-state index is 12.6. The van der Waals surface area contributed by atoms with Crippen molar-refractivity contribution in [3.63, 3.8) is 0 Å². The Labute approximate surface area is 144 Å². The summed E-state index contributed by atoms with van der Waals surface area (Å²) in [4.78, 5) is 4.44. The number of para-hydroxylation sites is 1. The Morgan fingerprint density at radius 2 is 1.74 bits per heavy atom. The monoisotopic (exact) mass is 366 g/mol. The number of nitrogens with one attached hydrogen (secondary N) is 1. The van der Waals surface area contributed by atoms with E-state index in [1.807, 2.05) is 31.2 Å². The SMILES string of the molecule is Cc1cc(NS(=O)(=O)c2ccc(Cl)c(Cl)c2)c2ccccc2n1. The van der Waals surface area contributed by atoms with Crippen LogP contribution in [0.15, 0.2) is 53.4 Å². The number of fused-ring (bicyclic) bond motifs is 1. The molecule has 0 aliphatic carbocycles. The highest BCUT2D eigenvalue weighted by Crippen LogP contribution is 2.28. The Bertz CT molecular complexity index is 1000. The minimum absolute atomic E-state index is 0.0467. The zero-order valence-electron chi connectivity index (χ0n) is 12.0. The number of hydrogen-bond acceptors (Lipinski definition) is 3. The summed E-state index contributed by atoms with van der Waals surface area (Å²) in [5.74, 6) is 0. The summed E-state index contributed by atoms with van der Waals surface area (Å²) in [5, 5.41) is 1.21. The molecule has 2 aromatic carbocycles. The van der Waals surface area contributed by atoms with E-state index in [4.69, 9.17) is 23.2 Å². The Kier molecular flexibility index (Phi) is 4.19. The number of sulfonamides is 1. The van der Waals surface area contributed by atoms with Gasteiger partial charge in [0.05, 0.1) is 26.1 Å². The summed E-state index contributed by atoms with van der Waals surface area (Å²) < 4.78 is 27.8. The molecule has 1 heterocycles. The number of halogens is 2. The van der Waals surface area contributed by atoms with Crippen LogP contribution in [0.1, 0.15) is 5.69 Å². The molecule has 0 aliphatic rings. The van der Waals surface area contributed by atoms with Crippen LogP contribution in [0.2, 0.25) is 10.0 Å². The van der Waals surface area contributed by atoms with Gasteiger partial charge in [-0.2, -0.15) is 0 Å². The fraction of sp³-hybridized carbons (Fsp3) is 0.0625. The first-order valence-corrected chi connectivity index (χ1v) is 8.95. The van der Waals surface area contributed by atoms with Gasteiger partial charge in [-0.3, -0.25) is 9.71 Å². The number of anilines is 1. The third-order valence-corrected chi connectivity index (χ3v) is 5.39. The Morgan fingerprint density at radius 3 is 2.48 bits per heavy atom. The molecule has 0 atom stereocenters. The standard InChI is InChI=1S/C16H12Cl2N2O2S/c1-10-8-16(12-4-2-3-5-15(12)19-10)20-23(21,22)11-6-7-13(17)14(18)9-11/h2-9H,1H3,(H,19,20). The zero-order chi connectivity index (χ0) is 16.6. The van der Waals surface area contributed by atoms with E-state index in [9.17, 15) is 8.42 Å². The van der Waals surface area contributed by atoms with Crippen LogP contribution in [-0.4, -0.2) is 13.4 Å². The first-order chi connectivity index (χ1) is 10.9. The van der Waals surface area contributed by atoms with Crippen LogP contribution in [0.3, 0.4) is 0 Å². The largest absolute Gasteiger partial charge is 0.279 e. The van der Waals surface area contributed by atoms with E-state index in [1.54, 1.807) is 6.07 Å². The molecule has 0 unspecified atom stereocenters. The second-order valence-corrected chi connectivity index (χ2v) is 7.51. The Hall–Kier alpha value is -1.82.